The Kier molecular flexibility index (Phi) is 3.84. The Hall–Kier alpha value is -2.01. The van der Waals surface area contributed by atoms with E-state index in [1.165, 1.54) is 0 Å². The molecule has 0 atom stereocenters. The zero-order chi connectivity index (χ0) is 13.0. The van der Waals surface area contributed by atoms with Crippen LogP contribution in [-0.4, -0.2) is 15.0 Å². The van der Waals surface area contributed by atoms with Gasteiger partial charge in [-0.2, -0.15) is 0 Å². The van der Waals surface area contributed by atoms with E-state index in [-0.39, 0.29) is 0 Å². The van der Waals surface area contributed by atoms with E-state index in [1.54, 1.807) is 18.5 Å². The fraction of sp³-hybridized carbons (Fsp3) is 0.154. The lowest BCUT2D eigenvalue weighted by atomic mass is 10.2. The van der Waals surface area contributed by atoms with Gasteiger partial charge in [0, 0.05) is 17.5 Å². The molecule has 0 bridgehead atoms. The molecule has 0 aromatic carbocycles. The van der Waals surface area contributed by atoms with Crippen LogP contribution in [0.5, 0.6) is 0 Å². The third kappa shape index (κ3) is 3.01. The highest BCUT2D eigenvalue weighted by Crippen LogP contribution is 2.14. The first-order valence-electron chi connectivity index (χ1n) is 5.57. The topological polar surface area (TPSA) is 63.8 Å². The molecule has 0 fully saturated rings. The van der Waals surface area contributed by atoms with Crippen LogP contribution in [0.2, 0.25) is 0 Å². The molecular formula is C13H14N4S. The van der Waals surface area contributed by atoms with Crippen molar-refractivity contribution in [1.29, 1.82) is 0 Å². The number of pyridine rings is 2. The summed E-state index contributed by atoms with van der Waals surface area (Å²) in [4.78, 5) is 8.83. The van der Waals surface area contributed by atoms with Crippen LogP contribution in [0.4, 0.5) is 5.69 Å². The van der Waals surface area contributed by atoms with Crippen molar-refractivity contribution in [1.82, 2.24) is 9.97 Å². The Labute approximate surface area is 111 Å². The maximum Gasteiger partial charge on any atom is 0.106 e. The minimum atomic E-state index is 0.358. The molecule has 0 aliphatic heterocycles. The smallest absolute Gasteiger partial charge is 0.106 e. The zero-order valence-corrected chi connectivity index (χ0v) is 10.9. The first-order chi connectivity index (χ1) is 8.66. The van der Waals surface area contributed by atoms with Gasteiger partial charge in [0.1, 0.15) is 4.99 Å². The highest BCUT2D eigenvalue weighted by atomic mass is 32.1. The van der Waals surface area contributed by atoms with Gasteiger partial charge in [-0.3, -0.25) is 9.97 Å². The molecule has 2 rings (SSSR count). The third-order valence-electron chi connectivity index (χ3n) is 2.49. The maximum atomic E-state index is 5.66. The van der Waals surface area contributed by atoms with E-state index in [1.807, 2.05) is 25.1 Å². The molecule has 5 heteroatoms. The molecule has 2 heterocycles. The van der Waals surface area contributed by atoms with Crippen molar-refractivity contribution < 1.29 is 0 Å². The van der Waals surface area contributed by atoms with E-state index >= 15 is 0 Å². The number of aryl methyl sites for hydroxylation is 1. The number of rotatable bonds is 4. The Morgan fingerprint density at radius 2 is 2.22 bits per heavy atom. The largest absolute Gasteiger partial charge is 0.389 e. The van der Waals surface area contributed by atoms with Crippen molar-refractivity contribution in [3.05, 3.63) is 53.6 Å². The van der Waals surface area contributed by atoms with Gasteiger partial charge in [-0.15, -0.1) is 0 Å². The van der Waals surface area contributed by atoms with E-state index < -0.39 is 0 Å². The van der Waals surface area contributed by atoms with Gasteiger partial charge >= 0.3 is 0 Å². The van der Waals surface area contributed by atoms with Gasteiger partial charge in [-0.1, -0.05) is 18.3 Å². The average molecular weight is 258 g/mol. The van der Waals surface area contributed by atoms with Gasteiger partial charge in [0.05, 0.1) is 24.1 Å². The van der Waals surface area contributed by atoms with Gasteiger partial charge in [0.25, 0.3) is 0 Å². The Morgan fingerprint density at radius 3 is 2.94 bits per heavy atom. The monoisotopic (exact) mass is 258 g/mol. The van der Waals surface area contributed by atoms with Crippen LogP contribution in [-0.2, 0) is 6.54 Å². The summed E-state index contributed by atoms with van der Waals surface area (Å²) in [5.74, 6) is 0. The summed E-state index contributed by atoms with van der Waals surface area (Å²) in [7, 11) is 0. The fourth-order valence-corrected chi connectivity index (χ4v) is 1.81. The highest BCUT2D eigenvalue weighted by molar-refractivity contribution is 7.80. The average Bonchev–Trinajstić information content (AvgIpc) is 2.37. The first kappa shape index (κ1) is 12.4. The summed E-state index contributed by atoms with van der Waals surface area (Å²) in [6.07, 6.45) is 3.38. The molecule has 0 radical (unpaired) electrons. The molecule has 0 spiro atoms. The molecule has 18 heavy (non-hydrogen) atoms. The molecule has 0 amide bonds. The summed E-state index contributed by atoms with van der Waals surface area (Å²) in [5.41, 5.74) is 9.24. The molecule has 0 aliphatic rings. The van der Waals surface area contributed by atoms with Crippen LogP contribution < -0.4 is 11.1 Å². The second kappa shape index (κ2) is 5.55. The van der Waals surface area contributed by atoms with E-state index in [4.69, 9.17) is 18.0 Å². The predicted molar refractivity (Wildman–Crippen MR) is 76.4 cm³/mol. The first-order valence-corrected chi connectivity index (χ1v) is 5.98. The van der Waals surface area contributed by atoms with Gasteiger partial charge in [0.15, 0.2) is 0 Å². The van der Waals surface area contributed by atoms with E-state index in [2.05, 4.69) is 15.3 Å². The van der Waals surface area contributed by atoms with Crippen LogP contribution in [0, 0.1) is 6.92 Å². The van der Waals surface area contributed by atoms with Gasteiger partial charge in [0.2, 0.25) is 0 Å². The minimum Gasteiger partial charge on any atom is -0.389 e. The third-order valence-corrected chi connectivity index (χ3v) is 2.71. The predicted octanol–water partition coefficient (Wildman–Crippen LogP) is 2.03. The van der Waals surface area contributed by atoms with Gasteiger partial charge in [-0.05, 0) is 25.1 Å². The molecule has 0 saturated heterocycles. The number of hydrogen-bond donors (Lipinski definition) is 2. The summed E-state index contributed by atoms with van der Waals surface area (Å²) in [5, 5.41) is 3.25. The minimum absolute atomic E-state index is 0.358. The maximum absolute atomic E-state index is 5.66. The van der Waals surface area contributed by atoms with E-state index in [0.717, 1.165) is 22.6 Å². The van der Waals surface area contributed by atoms with Crippen LogP contribution in [0.3, 0.4) is 0 Å². The summed E-state index contributed by atoms with van der Waals surface area (Å²) in [6.45, 7) is 2.58. The summed E-state index contributed by atoms with van der Waals surface area (Å²) in [6, 6.07) is 7.72. The molecule has 4 nitrogen and oxygen atoms in total. The van der Waals surface area contributed by atoms with Crippen LogP contribution in [0.1, 0.15) is 17.0 Å². The number of nitrogens with one attached hydrogen (secondary N) is 1. The van der Waals surface area contributed by atoms with Gasteiger partial charge < -0.3 is 11.1 Å². The van der Waals surface area contributed by atoms with Crippen LogP contribution in [0.25, 0.3) is 0 Å². The Bertz CT molecular complexity index is 568. The lowest BCUT2D eigenvalue weighted by Crippen LogP contribution is -2.13. The Balaban J connectivity index is 2.13. The molecule has 0 unspecified atom stereocenters. The standard InChI is InChI=1S/C13H14N4S/c1-9-3-2-4-10(17-9)7-16-12-8-15-6-5-11(12)13(14)18/h2-6,8,16H,7H2,1H3,(H2,14,18). The normalized spacial score (nSPS) is 10.1. The van der Waals surface area contributed by atoms with Crippen LogP contribution >= 0.6 is 12.2 Å². The second-order valence-electron chi connectivity index (χ2n) is 3.91. The van der Waals surface area contributed by atoms with Gasteiger partial charge in [-0.25, -0.2) is 0 Å². The van der Waals surface area contributed by atoms with Crippen molar-refractivity contribution in [2.24, 2.45) is 5.73 Å². The number of nitrogens with two attached hydrogens (primary N) is 1. The number of anilines is 1. The molecule has 2 aromatic heterocycles. The molecule has 3 N–H and O–H groups in total. The van der Waals surface area contributed by atoms with Crippen molar-refractivity contribution in [3.8, 4) is 0 Å². The quantitative estimate of drug-likeness (QED) is 0.822. The molecule has 0 saturated carbocycles. The van der Waals surface area contributed by atoms with Crippen molar-refractivity contribution in [3.63, 3.8) is 0 Å². The number of hydrogen-bond acceptors (Lipinski definition) is 4. The van der Waals surface area contributed by atoms with Crippen molar-refractivity contribution in [2.75, 3.05) is 5.32 Å². The highest BCUT2D eigenvalue weighted by Gasteiger charge is 2.04. The number of thiocarbonyl (C=S) groups is 1. The molecule has 92 valence electrons. The number of nitrogens with zero attached hydrogens (tertiary/aromatic N) is 2. The van der Waals surface area contributed by atoms with Crippen molar-refractivity contribution in [2.45, 2.75) is 13.5 Å². The fourth-order valence-electron chi connectivity index (χ4n) is 1.63. The number of aromatic nitrogens is 2. The summed E-state index contributed by atoms with van der Waals surface area (Å²) < 4.78 is 0. The van der Waals surface area contributed by atoms with E-state index in [0.29, 0.717) is 11.5 Å². The molecule has 0 aliphatic carbocycles. The lowest BCUT2D eigenvalue weighted by Gasteiger charge is -2.10. The lowest BCUT2D eigenvalue weighted by molar-refractivity contribution is 1.01. The second-order valence-corrected chi connectivity index (χ2v) is 4.35. The van der Waals surface area contributed by atoms with Crippen molar-refractivity contribution >= 4 is 22.9 Å². The molecule has 2 aromatic rings. The van der Waals surface area contributed by atoms with Crippen LogP contribution in [0.15, 0.2) is 36.7 Å². The zero-order valence-electron chi connectivity index (χ0n) is 10.1. The summed E-state index contributed by atoms with van der Waals surface area (Å²) >= 11 is 5.00. The van der Waals surface area contributed by atoms with E-state index in [9.17, 15) is 0 Å². The Morgan fingerprint density at radius 1 is 1.39 bits per heavy atom. The molecular weight excluding hydrogens is 244 g/mol. The SMILES string of the molecule is Cc1cccc(CNc2cnccc2C(N)=S)n1.